The summed E-state index contributed by atoms with van der Waals surface area (Å²) in [7, 11) is 0. The fourth-order valence-electron chi connectivity index (χ4n) is 4.95. The van der Waals surface area contributed by atoms with E-state index in [0.29, 0.717) is 11.5 Å². The summed E-state index contributed by atoms with van der Waals surface area (Å²) in [5, 5.41) is 0. The number of para-hydroxylation sites is 2. The first-order valence-corrected chi connectivity index (χ1v) is 10.3. The van der Waals surface area contributed by atoms with Gasteiger partial charge in [0.15, 0.2) is 0 Å². The lowest BCUT2D eigenvalue weighted by atomic mass is 9.61. The summed E-state index contributed by atoms with van der Waals surface area (Å²) in [6.07, 6.45) is 5.54. The van der Waals surface area contributed by atoms with Crippen LogP contribution in [0.2, 0.25) is 0 Å². The van der Waals surface area contributed by atoms with E-state index in [2.05, 4.69) is 0 Å². The van der Waals surface area contributed by atoms with Gasteiger partial charge in [-0.25, -0.2) is 0 Å². The van der Waals surface area contributed by atoms with Crippen molar-refractivity contribution in [3.05, 3.63) is 60.7 Å². The summed E-state index contributed by atoms with van der Waals surface area (Å²) < 4.78 is 11.3. The fourth-order valence-corrected chi connectivity index (χ4v) is 4.95. The molecule has 2 aromatic rings. The number of benzene rings is 2. The third-order valence-electron chi connectivity index (χ3n) is 6.22. The zero-order chi connectivity index (χ0) is 19.3. The Hall–Kier alpha value is -2.62. The van der Waals surface area contributed by atoms with Gasteiger partial charge in [-0.2, -0.15) is 0 Å². The van der Waals surface area contributed by atoms with Crippen LogP contribution in [0.25, 0.3) is 0 Å². The molecule has 4 unspecified atom stereocenters. The van der Waals surface area contributed by atoms with Crippen LogP contribution in [0, 0.1) is 23.7 Å². The van der Waals surface area contributed by atoms with Crippen LogP contribution in [0.5, 0.6) is 11.5 Å². The number of esters is 2. The van der Waals surface area contributed by atoms with Crippen LogP contribution < -0.4 is 9.47 Å². The zero-order valence-corrected chi connectivity index (χ0v) is 16.0. The first-order chi connectivity index (χ1) is 13.7. The fraction of sp³-hybridized carbons (Fsp3) is 0.417. The van der Waals surface area contributed by atoms with Crippen molar-refractivity contribution in [3.8, 4) is 11.5 Å². The minimum Gasteiger partial charge on any atom is -0.426 e. The van der Waals surface area contributed by atoms with Gasteiger partial charge in [0.1, 0.15) is 11.5 Å². The van der Waals surface area contributed by atoms with Crippen molar-refractivity contribution in [2.45, 2.75) is 38.5 Å². The molecule has 0 N–H and O–H groups in total. The van der Waals surface area contributed by atoms with E-state index < -0.39 is 0 Å². The number of carbonyl (C=O) groups is 2. The van der Waals surface area contributed by atoms with Gasteiger partial charge in [-0.3, -0.25) is 9.59 Å². The summed E-state index contributed by atoms with van der Waals surface area (Å²) in [6.45, 7) is 0. The molecule has 0 amide bonds. The summed E-state index contributed by atoms with van der Waals surface area (Å²) in [6, 6.07) is 18.5. The van der Waals surface area contributed by atoms with Crippen molar-refractivity contribution in [1.29, 1.82) is 0 Å². The molecule has 0 spiro atoms. The van der Waals surface area contributed by atoms with E-state index in [9.17, 15) is 9.59 Å². The van der Waals surface area contributed by atoms with Crippen molar-refractivity contribution in [2.75, 3.05) is 0 Å². The Morgan fingerprint density at radius 1 is 0.607 bits per heavy atom. The Morgan fingerprint density at radius 3 is 1.39 bits per heavy atom. The molecule has 2 aliphatic rings. The molecule has 0 saturated heterocycles. The minimum atomic E-state index is -0.155. The predicted octanol–water partition coefficient (Wildman–Crippen LogP) is 5.03. The molecule has 28 heavy (non-hydrogen) atoms. The molecular formula is C24H26O4. The second-order valence-electron chi connectivity index (χ2n) is 7.87. The molecule has 0 radical (unpaired) electrons. The molecule has 4 nitrogen and oxygen atoms in total. The number of carbonyl (C=O) groups excluding carboxylic acids is 2. The van der Waals surface area contributed by atoms with Gasteiger partial charge in [0.2, 0.25) is 0 Å². The molecule has 4 heteroatoms. The maximum absolute atomic E-state index is 12.9. The van der Waals surface area contributed by atoms with Crippen molar-refractivity contribution >= 4 is 11.9 Å². The summed E-state index contributed by atoms with van der Waals surface area (Å²) in [5.74, 6) is 1.00. The van der Waals surface area contributed by atoms with Crippen molar-refractivity contribution in [3.63, 3.8) is 0 Å². The highest BCUT2D eigenvalue weighted by Crippen LogP contribution is 2.47. The van der Waals surface area contributed by atoms with Gasteiger partial charge in [0.25, 0.3) is 0 Å². The summed E-state index contributed by atoms with van der Waals surface area (Å²) in [4.78, 5) is 25.7. The van der Waals surface area contributed by atoms with Crippen LogP contribution in [0.4, 0.5) is 0 Å². The van der Waals surface area contributed by atoms with Gasteiger partial charge in [-0.15, -0.1) is 0 Å². The van der Waals surface area contributed by atoms with Gasteiger partial charge >= 0.3 is 11.9 Å². The van der Waals surface area contributed by atoms with Gasteiger partial charge in [-0.05, 0) is 61.8 Å². The van der Waals surface area contributed by atoms with Crippen LogP contribution in [0.3, 0.4) is 0 Å². The van der Waals surface area contributed by atoms with E-state index in [-0.39, 0.29) is 35.6 Å². The van der Waals surface area contributed by atoms with E-state index in [1.807, 2.05) is 36.4 Å². The molecule has 2 aromatic carbocycles. The quantitative estimate of drug-likeness (QED) is 0.553. The lowest BCUT2D eigenvalue weighted by Crippen LogP contribution is -2.44. The average molecular weight is 378 g/mol. The molecule has 0 bridgehead atoms. The second kappa shape index (κ2) is 8.59. The van der Waals surface area contributed by atoms with Crippen molar-refractivity contribution < 1.29 is 19.1 Å². The van der Waals surface area contributed by atoms with Crippen molar-refractivity contribution in [2.24, 2.45) is 23.7 Å². The Labute approximate surface area is 165 Å². The molecule has 0 aliphatic heterocycles. The van der Waals surface area contributed by atoms with Crippen LogP contribution >= 0.6 is 0 Å². The Kier molecular flexibility index (Phi) is 5.75. The highest BCUT2D eigenvalue weighted by molar-refractivity contribution is 5.77. The number of hydrogen-bond acceptors (Lipinski definition) is 4. The maximum Gasteiger partial charge on any atom is 0.314 e. The highest BCUT2D eigenvalue weighted by atomic mass is 16.5. The molecule has 4 atom stereocenters. The molecule has 2 aliphatic carbocycles. The van der Waals surface area contributed by atoms with Crippen LogP contribution in [0.15, 0.2) is 60.7 Å². The Balaban J connectivity index is 1.45. The molecule has 0 heterocycles. The zero-order valence-electron chi connectivity index (χ0n) is 16.0. The van der Waals surface area contributed by atoms with Crippen molar-refractivity contribution in [1.82, 2.24) is 0 Å². The third kappa shape index (κ3) is 4.11. The average Bonchev–Trinajstić information content (AvgIpc) is 2.74. The van der Waals surface area contributed by atoms with E-state index in [1.165, 1.54) is 0 Å². The second-order valence-corrected chi connectivity index (χ2v) is 7.87. The molecule has 0 aromatic heterocycles. The van der Waals surface area contributed by atoms with Gasteiger partial charge < -0.3 is 9.47 Å². The molecule has 146 valence electrons. The first-order valence-electron chi connectivity index (χ1n) is 10.3. The van der Waals surface area contributed by atoms with E-state index in [4.69, 9.17) is 9.47 Å². The minimum absolute atomic E-state index is 0.133. The molecular weight excluding hydrogens is 352 g/mol. The smallest absolute Gasteiger partial charge is 0.314 e. The Bertz CT molecular complexity index is 732. The van der Waals surface area contributed by atoms with E-state index >= 15 is 0 Å². The third-order valence-corrected chi connectivity index (χ3v) is 6.22. The van der Waals surface area contributed by atoms with E-state index in [0.717, 1.165) is 38.5 Å². The van der Waals surface area contributed by atoms with Crippen LogP contribution in [0.1, 0.15) is 38.5 Å². The van der Waals surface area contributed by atoms with E-state index in [1.54, 1.807) is 24.3 Å². The lowest BCUT2D eigenvalue weighted by Gasteiger charge is -2.43. The normalized spacial score (nSPS) is 26.7. The van der Waals surface area contributed by atoms with Gasteiger partial charge in [0.05, 0.1) is 11.8 Å². The monoisotopic (exact) mass is 378 g/mol. The Morgan fingerprint density at radius 2 is 1.00 bits per heavy atom. The summed E-state index contributed by atoms with van der Waals surface area (Å²) >= 11 is 0. The highest BCUT2D eigenvalue weighted by Gasteiger charge is 2.46. The molecule has 2 fully saturated rings. The standard InChI is InChI=1S/C24H26O4/c25-23(27-17-9-3-1-4-10-17)21-15-7-14-20-19(21)13-8-16-22(20)24(26)28-18-11-5-2-6-12-18/h1-6,9-12,19-22H,7-8,13-16H2. The van der Waals surface area contributed by atoms with Crippen LogP contribution in [-0.4, -0.2) is 11.9 Å². The number of rotatable bonds is 4. The topological polar surface area (TPSA) is 52.6 Å². The first kappa shape index (κ1) is 18.7. The summed E-state index contributed by atoms with van der Waals surface area (Å²) in [5.41, 5.74) is 0. The number of fused-ring (bicyclic) bond motifs is 1. The molecule has 2 saturated carbocycles. The van der Waals surface area contributed by atoms with Crippen LogP contribution in [-0.2, 0) is 9.59 Å². The maximum atomic E-state index is 12.9. The largest absolute Gasteiger partial charge is 0.426 e. The van der Waals surface area contributed by atoms with Gasteiger partial charge in [0, 0.05) is 0 Å². The lowest BCUT2D eigenvalue weighted by molar-refractivity contribution is -0.151. The number of ether oxygens (including phenoxy) is 2. The number of hydrogen-bond donors (Lipinski definition) is 0. The SMILES string of the molecule is O=C(Oc1ccccc1)C1CCCC2C(C(=O)Oc3ccccc3)CCCC12. The molecule has 4 rings (SSSR count). The van der Waals surface area contributed by atoms with Gasteiger partial charge in [-0.1, -0.05) is 49.2 Å². The predicted molar refractivity (Wildman–Crippen MR) is 106 cm³/mol.